The third kappa shape index (κ3) is 2.88. The molecule has 84 valence electrons. The minimum Gasteiger partial charge on any atom is -0.481 e. The number of rotatable bonds is 5. The molecule has 0 saturated carbocycles. The summed E-state index contributed by atoms with van der Waals surface area (Å²) in [6.45, 7) is 0. The molecular weight excluding hydrogens is 212 g/mol. The normalized spacial score (nSPS) is 10.3. The second-order valence-electron chi connectivity index (χ2n) is 2.82. The highest BCUT2D eigenvalue weighted by molar-refractivity contribution is 5.61. The van der Waals surface area contributed by atoms with Crippen LogP contribution in [0.1, 0.15) is 12.1 Å². The van der Waals surface area contributed by atoms with E-state index in [0.29, 0.717) is 6.29 Å². The van der Waals surface area contributed by atoms with Gasteiger partial charge < -0.3 is 9.53 Å². The first-order chi connectivity index (χ1) is 7.69. The molecule has 1 aromatic heterocycles. The molecule has 0 unspecified atom stereocenters. The number of aldehydes is 1. The van der Waals surface area contributed by atoms with Crippen LogP contribution in [-0.4, -0.2) is 23.3 Å². The van der Waals surface area contributed by atoms with Crippen molar-refractivity contribution < 1.29 is 14.5 Å². The van der Waals surface area contributed by atoms with E-state index in [0.717, 1.165) is 0 Å². The summed E-state index contributed by atoms with van der Waals surface area (Å²) in [4.78, 5) is 24.2. The van der Waals surface area contributed by atoms with Crippen LogP contribution in [-0.2, 0) is 4.79 Å². The lowest BCUT2D eigenvalue weighted by atomic mass is 10.2. The molecule has 1 aromatic rings. The van der Waals surface area contributed by atoms with Crippen molar-refractivity contribution in [1.29, 1.82) is 0 Å². The minimum absolute atomic E-state index is 0.122. The standard InChI is InChI=1S/C10H10N2O4/c1-16-10-6-5-9(12(14)15)8(11-10)4-2-3-7-13/h2,4-7H,3H2,1H3. The molecule has 6 nitrogen and oxygen atoms in total. The first-order valence-corrected chi connectivity index (χ1v) is 4.48. The molecule has 0 aliphatic carbocycles. The highest BCUT2D eigenvalue weighted by Gasteiger charge is 2.13. The quantitative estimate of drug-likeness (QED) is 0.429. The Morgan fingerprint density at radius 3 is 2.88 bits per heavy atom. The molecule has 0 N–H and O–H groups in total. The third-order valence-electron chi connectivity index (χ3n) is 1.79. The van der Waals surface area contributed by atoms with Gasteiger partial charge in [0.2, 0.25) is 5.88 Å². The van der Waals surface area contributed by atoms with E-state index in [1.54, 1.807) is 0 Å². The number of allylic oxidation sites excluding steroid dienone is 1. The van der Waals surface area contributed by atoms with Crippen molar-refractivity contribution in [2.45, 2.75) is 6.42 Å². The van der Waals surface area contributed by atoms with E-state index in [4.69, 9.17) is 4.74 Å². The Balaban J connectivity index is 3.09. The van der Waals surface area contributed by atoms with Crippen LogP contribution in [0.25, 0.3) is 6.08 Å². The van der Waals surface area contributed by atoms with Crippen molar-refractivity contribution in [2.75, 3.05) is 7.11 Å². The summed E-state index contributed by atoms with van der Waals surface area (Å²) in [5.41, 5.74) is 0.0501. The van der Waals surface area contributed by atoms with E-state index in [2.05, 4.69) is 4.98 Å². The number of nitrogens with zero attached hydrogens (tertiary/aromatic N) is 2. The van der Waals surface area contributed by atoms with E-state index in [9.17, 15) is 14.9 Å². The van der Waals surface area contributed by atoms with Gasteiger partial charge in [-0.3, -0.25) is 10.1 Å². The summed E-state index contributed by atoms with van der Waals surface area (Å²) in [6, 6.07) is 2.72. The first kappa shape index (κ1) is 11.8. The van der Waals surface area contributed by atoms with Crippen molar-refractivity contribution in [3.8, 4) is 5.88 Å². The number of methoxy groups -OCH3 is 1. The van der Waals surface area contributed by atoms with Gasteiger partial charge in [-0.15, -0.1) is 0 Å². The average molecular weight is 222 g/mol. The van der Waals surface area contributed by atoms with Gasteiger partial charge in [-0.2, -0.15) is 0 Å². The van der Waals surface area contributed by atoms with Crippen molar-refractivity contribution in [3.05, 3.63) is 34.0 Å². The van der Waals surface area contributed by atoms with Gasteiger partial charge in [0.1, 0.15) is 12.0 Å². The Morgan fingerprint density at radius 1 is 1.56 bits per heavy atom. The van der Waals surface area contributed by atoms with Crippen LogP contribution < -0.4 is 4.74 Å². The Hall–Kier alpha value is -2.24. The molecule has 1 heterocycles. The van der Waals surface area contributed by atoms with Crippen LogP contribution in [0.5, 0.6) is 5.88 Å². The van der Waals surface area contributed by atoms with Crippen LogP contribution >= 0.6 is 0 Å². The number of pyridine rings is 1. The largest absolute Gasteiger partial charge is 0.481 e. The summed E-state index contributed by atoms with van der Waals surface area (Å²) in [5.74, 6) is 0.288. The fraction of sp³-hybridized carbons (Fsp3) is 0.200. The maximum absolute atomic E-state index is 10.7. The predicted molar refractivity (Wildman–Crippen MR) is 57.2 cm³/mol. The maximum Gasteiger partial charge on any atom is 0.295 e. The molecule has 0 spiro atoms. The second kappa shape index (κ2) is 5.59. The molecule has 16 heavy (non-hydrogen) atoms. The van der Waals surface area contributed by atoms with Crippen LogP contribution in [0, 0.1) is 10.1 Å². The molecule has 0 aliphatic rings. The summed E-state index contributed by atoms with van der Waals surface area (Å²) in [6.07, 6.45) is 3.81. The molecule has 0 amide bonds. The van der Waals surface area contributed by atoms with Gasteiger partial charge in [-0.05, 0) is 6.08 Å². The summed E-state index contributed by atoms with van der Waals surface area (Å²) >= 11 is 0. The van der Waals surface area contributed by atoms with Crippen LogP contribution in [0.2, 0.25) is 0 Å². The lowest BCUT2D eigenvalue weighted by Gasteiger charge is -2.00. The van der Waals surface area contributed by atoms with E-state index >= 15 is 0 Å². The predicted octanol–water partition coefficient (Wildman–Crippen LogP) is 1.60. The van der Waals surface area contributed by atoms with Gasteiger partial charge in [0.25, 0.3) is 5.69 Å². The fourth-order valence-corrected chi connectivity index (χ4v) is 1.07. The second-order valence-corrected chi connectivity index (χ2v) is 2.82. The molecule has 1 rings (SSSR count). The summed E-state index contributed by atoms with van der Waals surface area (Å²) < 4.78 is 4.86. The zero-order valence-electron chi connectivity index (χ0n) is 8.62. The van der Waals surface area contributed by atoms with Crippen molar-refractivity contribution in [3.63, 3.8) is 0 Å². The summed E-state index contributed by atoms with van der Waals surface area (Å²) in [5, 5.41) is 10.7. The van der Waals surface area contributed by atoms with E-state index in [1.165, 1.54) is 31.4 Å². The number of ether oxygens (including phenoxy) is 1. The number of carbonyl (C=O) groups is 1. The molecule has 6 heteroatoms. The van der Waals surface area contributed by atoms with Gasteiger partial charge in [0.15, 0.2) is 0 Å². The molecular formula is C10H10N2O4. The van der Waals surface area contributed by atoms with E-state index < -0.39 is 4.92 Å². The van der Waals surface area contributed by atoms with Crippen LogP contribution in [0.3, 0.4) is 0 Å². The van der Waals surface area contributed by atoms with Crippen LogP contribution in [0.15, 0.2) is 18.2 Å². The third-order valence-corrected chi connectivity index (χ3v) is 1.79. The van der Waals surface area contributed by atoms with Crippen molar-refractivity contribution in [1.82, 2.24) is 4.98 Å². The SMILES string of the molecule is COc1ccc([N+](=O)[O-])c(C=CCC=O)n1. The highest BCUT2D eigenvalue weighted by atomic mass is 16.6. The molecule has 0 saturated heterocycles. The highest BCUT2D eigenvalue weighted by Crippen LogP contribution is 2.21. The van der Waals surface area contributed by atoms with E-state index in [-0.39, 0.29) is 23.7 Å². The Morgan fingerprint density at radius 2 is 2.31 bits per heavy atom. The van der Waals surface area contributed by atoms with Gasteiger partial charge in [0.05, 0.1) is 12.0 Å². The first-order valence-electron chi connectivity index (χ1n) is 4.48. The van der Waals surface area contributed by atoms with Crippen LogP contribution in [0.4, 0.5) is 5.69 Å². The number of aromatic nitrogens is 1. The molecule has 0 fully saturated rings. The Bertz CT molecular complexity index is 429. The minimum atomic E-state index is -0.535. The summed E-state index contributed by atoms with van der Waals surface area (Å²) in [7, 11) is 1.42. The zero-order chi connectivity index (χ0) is 12.0. The fourth-order valence-electron chi connectivity index (χ4n) is 1.07. The number of hydrogen-bond acceptors (Lipinski definition) is 5. The van der Waals surface area contributed by atoms with Gasteiger partial charge >= 0.3 is 0 Å². The number of carbonyl (C=O) groups excluding carboxylic acids is 1. The van der Waals surface area contributed by atoms with E-state index in [1.807, 2.05) is 0 Å². The zero-order valence-corrected chi connectivity index (χ0v) is 8.62. The van der Waals surface area contributed by atoms with Gasteiger partial charge in [-0.25, -0.2) is 4.98 Å². The van der Waals surface area contributed by atoms with Gasteiger partial charge in [-0.1, -0.05) is 6.08 Å². The molecule has 0 bridgehead atoms. The maximum atomic E-state index is 10.7. The number of hydrogen-bond donors (Lipinski definition) is 0. The molecule has 0 atom stereocenters. The lowest BCUT2D eigenvalue weighted by molar-refractivity contribution is -0.385. The Labute approximate surface area is 91.7 Å². The molecule has 0 aliphatic heterocycles. The number of nitro groups is 1. The topological polar surface area (TPSA) is 82.3 Å². The lowest BCUT2D eigenvalue weighted by Crippen LogP contribution is -1.96. The van der Waals surface area contributed by atoms with Gasteiger partial charge in [0, 0.05) is 18.6 Å². The smallest absolute Gasteiger partial charge is 0.295 e. The molecule has 0 aromatic carbocycles. The van der Waals surface area contributed by atoms with Crippen molar-refractivity contribution >= 4 is 18.0 Å². The molecule has 0 radical (unpaired) electrons. The monoisotopic (exact) mass is 222 g/mol. The Kier molecular flexibility index (Phi) is 4.14. The average Bonchev–Trinajstić information content (AvgIpc) is 2.29. The van der Waals surface area contributed by atoms with Crippen molar-refractivity contribution in [2.24, 2.45) is 0 Å².